The van der Waals surface area contributed by atoms with E-state index in [2.05, 4.69) is 13.8 Å². The molecule has 3 N–H and O–H groups in total. The van der Waals surface area contributed by atoms with Crippen LogP contribution in [0.3, 0.4) is 0 Å². The maximum atomic E-state index is 9.32. The highest BCUT2D eigenvalue weighted by Crippen LogP contribution is 2.35. The quantitative estimate of drug-likeness (QED) is 0.702. The SMILES string of the molecule is CCCC(C)OCCC1CCCC1(N)CO. The Balaban J connectivity index is 2.22. The molecule has 1 aliphatic carbocycles. The smallest absolute Gasteiger partial charge is 0.0613 e. The summed E-state index contributed by atoms with van der Waals surface area (Å²) >= 11 is 0. The van der Waals surface area contributed by atoms with Crippen molar-refractivity contribution in [3.63, 3.8) is 0 Å². The molecule has 0 aromatic heterocycles. The molecule has 0 bridgehead atoms. The van der Waals surface area contributed by atoms with Crippen molar-refractivity contribution in [2.75, 3.05) is 13.2 Å². The standard InChI is InChI=1S/C13H27NO2/c1-3-5-11(2)16-9-7-12-6-4-8-13(12,14)10-15/h11-12,15H,3-10,14H2,1-2H3. The average molecular weight is 229 g/mol. The predicted molar refractivity (Wildman–Crippen MR) is 66.3 cm³/mol. The lowest BCUT2D eigenvalue weighted by Gasteiger charge is -2.29. The molecule has 1 aliphatic rings. The van der Waals surface area contributed by atoms with Crippen LogP contribution < -0.4 is 5.73 Å². The first-order chi connectivity index (χ1) is 7.62. The number of nitrogens with two attached hydrogens (primary N) is 1. The molecule has 3 nitrogen and oxygen atoms in total. The fourth-order valence-corrected chi connectivity index (χ4v) is 2.71. The number of aliphatic hydroxyl groups excluding tert-OH is 1. The second-order valence-electron chi connectivity index (χ2n) is 5.24. The first kappa shape index (κ1) is 13.9. The summed E-state index contributed by atoms with van der Waals surface area (Å²) in [4.78, 5) is 0. The van der Waals surface area contributed by atoms with Crippen LogP contribution in [0.25, 0.3) is 0 Å². The fourth-order valence-electron chi connectivity index (χ4n) is 2.71. The molecule has 3 heteroatoms. The lowest BCUT2D eigenvalue weighted by molar-refractivity contribution is 0.0411. The molecule has 0 saturated heterocycles. The topological polar surface area (TPSA) is 55.5 Å². The summed E-state index contributed by atoms with van der Waals surface area (Å²) in [5.41, 5.74) is 5.84. The van der Waals surface area contributed by atoms with Crippen LogP contribution in [0.5, 0.6) is 0 Å². The first-order valence-corrected chi connectivity index (χ1v) is 6.63. The summed E-state index contributed by atoms with van der Waals surface area (Å²) in [6, 6.07) is 0. The van der Waals surface area contributed by atoms with Crippen LogP contribution in [0.1, 0.15) is 52.4 Å². The average Bonchev–Trinajstić information content (AvgIpc) is 2.62. The van der Waals surface area contributed by atoms with Crippen LogP contribution in [-0.4, -0.2) is 30.0 Å². The molecule has 1 fully saturated rings. The Labute approximate surface area is 99.4 Å². The van der Waals surface area contributed by atoms with Crippen molar-refractivity contribution < 1.29 is 9.84 Å². The molecule has 96 valence electrons. The number of rotatable bonds is 7. The number of hydrogen-bond acceptors (Lipinski definition) is 3. The van der Waals surface area contributed by atoms with E-state index in [4.69, 9.17) is 10.5 Å². The van der Waals surface area contributed by atoms with Gasteiger partial charge >= 0.3 is 0 Å². The van der Waals surface area contributed by atoms with Crippen LogP contribution in [0.2, 0.25) is 0 Å². The molecule has 0 heterocycles. The lowest BCUT2D eigenvalue weighted by atomic mass is 9.87. The molecule has 16 heavy (non-hydrogen) atoms. The van der Waals surface area contributed by atoms with Gasteiger partial charge in [-0.3, -0.25) is 0 Å². The second-order valence-corrected chi connectivity index (χ2v) is 5.24. The van der Waals surface area contributed by atoms with Gasteiger partial charge in [-0.25, -0.2) is 0 Å². The van der Waals surface area contributed by atoms with Gasteiger partial charge in [0.1, 0.15) is 0 Å². The van der Waals surface area contributed by atoms with Crippen molar-refractivity contribution in [3.05, 3.63) is 0 Å². The van der Waals surface area contributed by atoms with E-state index in [0.717, 1.165) is 38.7 Å². The molecular formula is C13H27NO2. The van der Waals surface area contributed by atoms with Crippen molar-refractivity contribution in [1.82, 2.24) is 0 Å². The van der Waals surface area contributed by atoms with Crippen molar-refractivity contribution in [1.29, 1.82) is 0 Å². The van der Waals surface area contributed by atoms with Crippen LogP contribution in [-0.2, 0) is 4.74 Å². The monoisotopic (exact) mass is 229 g/mol. The maximum Gasteiger partial charge on any atom is 0.0613 e. The Morgan fingerprint density at radius 1 is 1.56 bits per heavy atom. The Bertz CT molecular complexity index is 198. The predicted octanol–water partition coefficient (Wildman–Crippen LogP) is 2.07. The Morgan fingerprint density at radius 2 is 2.31 bits per heavy atom. The normalized spacial score (nSPS) is 31.9. The highest BCUT2D eigenvalue weighted by Gasteiger charge is 2.38. The van der Waals surface area contributed by atoms with Crippen molar-refractivity contribution in [2.24, 2.45) is 11.7 Å². The van der Waals surface area contributed by atoms with Crippen LogP contribution >= 0.6 is 0 Å². The van der Waals surface area contributed by atoms with E-state index in [9.17, 15) is 5.11 Å². The molecule has 0 aromatic carbocycles. The van der Waals surface area contributed by atoms with Crippen molar-refractivity contribution in [3.8, 4) is 0 Å². The zero-order valence-corrected chi connectivity index (χ0v) is 10.7. The van der Waals surface area contributed by atoms with Gasteiger partial charge in [0.25, 0.3) is 0 Å². The summed E-state index contributed by atoms with van der Waals surface area (Å²) in [5.74, 6) is 0.436. The third kappa shape index (κ3) is 3.72. The maximum absolute atomic E-state index is 9.32. The van der Waals surface area contributed by atoms with Gasteiger partial charge in [-0.2, -0.15) is 0 Å². The summed E-state index contributed by atoms with van der Waals surface area (Å²) in [5, 5.41) is 9.32. The van der Waals surface area contributed by atoms with Crippen molar-refractivity contribution >= 4 is 0 Å². The van der Waals surface area contributed by atoms with Gasteiger partial charge in [0.2, 0.25) is 0 Å². The number of hydrogen-bond donors (Lipinski definition) is 2. The third-order valence-electron chi connectivity index (χ3n) is 3.87. The van der Waals surface area contributed by atoms with E-state index in [1.54, 1.807) is 0 Å². The van der Waals surface area contributed by atoms with Gasteiger partial charge in [0.05, 0.1) is 12.7 Å². The summed E-state index contributed by atoms with van der Waals surface area (Å²) in [7, 11) is 0. The number of ether oxygens (including phenoxy) is 1. The summed E-state index contributed by atoms with van der Waals surface area (Å²) in [6.45, 7) is 5.19. The van der Waals surface area contributed by atoms with E-state index < -0.39 is 0 Å². The van der Waals surface area contributed by atoms with E-state index >= 15 is 0 Å². The summed E-state index contributed by atoms with van der Waals surface area (Å²) < 4.78 is 5.74. The van der Waals surface area contributed by atoms with E-state index in [-0.39, 0.29) is 12.1 Å². The van der Waals surface area contributed by atoms with E-state index in [0.29, 0.717) is 12.0 Å². The molecule has 0 aliphatic heterocycles. The third-order valence-corrected chi connectivity index (χ3v) is 3.87. The zero-order valence-electron chi connectivity index (χ0n) is 10.7. The van der Waals surface area contributed by atoms with E-state index in [1.165, 1.54) is 6.42 Å². The molecule has 0 aromatic rings. The molecule has 1 saturated carbocycles. The Hall–Kier alpha value is -0.120. The van der Waals surface area contributed by atoms with Gasteiger partial charge in [-0.15, -0.1) is 0 Å². The summed E-state index contributed by atoms with van der Waals surface area (Å²) in [6.07, 6.45) is 6.88. The van der Waals surface area contributed by atoms with Gasteiger partial charge in [0.15, 0.2) is 0 Å². The molecule has 3 atom stereocenters. The van der Waals surface area contributed by atoms with Gasteiger partial charge in [0, 0.05) is 12.1 Å². The minimum atomic E-state index is -0.336. The first-order valence-electron chi connectivity index (χ1n) is 6.63. The Morgan fingerprint density at radius 3 is 2.94 bits per heavy atom. The zero-order chi connectivity index (χ0) is 12.0. The largest absolute Gasteiger partial charge is 0.394 e. The molecule has 0 radical (unpaired) electrons. The van der Waals surface area contributed by atoms with Gasteiger partial charge < -0.3 is 15.6 Å². The Kier molecular flexibility index (Phi) is 5.73. The molecule has 1 rings (SSSR count). The highest BCUT2D eigenvalue weighted by atomic mass is 16.5. The fraction of sp³-hybridized carbons (Fsp3) is 1.00. The van der Waals surface area contributed by atoms with Gasteiger partial charge in [-0.05, 0) is 38.5 Å². The highest BCUT2D eigenvalue weighted by molar-refractivity contribution is 4.95. The van der Waals surface area contributed by atoms with Gasteiger partial charge in [-0.1, -0.05) is 19.8 Å². The minimum Gasteiger partial charge on any atom is -0.394 e. The van der Waals surface area contributed by atoms with Crippen molar-refractivity contribution in [2.45, 2.75) is 64.0 Å². The van der Waals surface area contributed by atoms with Crippen LogP contribution in [0, 0.1) is 5.92 Å². The van der Waals surface area contributed by atoms with Crippen LogP contribution in [0.4, 0.5) is 0 Å². The van der Waals surface area contributed by atoms with E-state index in [1.807, 2.05) is 0 Å². The molecule has 3 unspecified atom stereocenters. The molecule has 0 spiro atoms. The number of aliphatic hydroxyl groups is 1. The molecule has 0 amide bonds. The second kappa shape index (κ2) is 6.58. The molecular weight excluding hydrogens is 202 g/mol. The van der Waals surface area contributed by atoms with Crippen LogP contribution in [0.15, 0.2) is 0 Å². The minimum absolute atomic E-state index is 0.113. The lowest BCUT2D eigenvalue weighted by Crippen LogP contribution is -2.47.